The Morgan fingerprint density at radius 2 is 1.70 bits per heavy atom. The second-order valence-electron chi connectivity index (χ2n) is 6.67. The van der Waals surface area contributed by atoms with Crippen LogP contribution in [0.1, 0.15) is 32.1 Å². The number of halogens is 3. The number of carbonyl (C=O) groups excluding carboxylic acids is 1. The Kier molecular flexibility index (Phi) is 5.55. The molecular formula is C17H20F3NO5S. The Morgan fingerprint density at radius 1 is 1.04 bits per heavy atom. The number of carbonyl (C=O) groups is 1. The third kappa shape index (κ3) is 4.48. The van der Waals surface area contributed by atoms with Gasteiger partial charge >= 0.3 is 6.18 Å². The number of amides is 1. The van der Waals surface area contributed by atoms with Crippen molar-refractivity contribution in [2.24, 2.45) is 11.8 Å². The molecule has 1 saturated carbocycles. The van der Waals surface area contributed by atoms with E-state index in [4.69, 9.17) is 9.47 Å². The lowest BCUT2D eigenvalue weighted by atomic mass is 9.78. The average molecular weight is 407 g/mol. The molecule has 150 valence electrons. The molecule has 2 unspecified atom stereocenters. The maximum atomic E-state index is 13.2. The topological polar surface area (TPSA) is 81.7 Å². The lowest BCUT2D eigenvalue weighted by molar-refractivity contribution is -0.197. The van der Waals surface area contributed by atoms with Crippen LogP contribution < -0.4 is 14.2 Å². The molecule has 1 aromatic rings. The van der Waals surface area contributed by atoms with Crippen molar-refractivity contribution in [3.63, 3.8) is 0 Å². The number of ether oxygens (including phenoxy) is 2. The summed E-state index contributed by atoms with van der Waals surface area (Å²) in [5, 5.41) is 0. The number of rotatable bonds is 3. The van der Waals surface area contributed by atoms with Gasteiger partial charge in [-0.05, 0) is 25.0 Å². The summed E-state index contributed by atoms with van der Waals surface area (Å²) in [7, 11) is -4.33. The van der Waals surface area contributed by atoms with E-state index in [0.29, 0.717) is 38.2 Å². The number of hydrogen-bond donors (Lipinski definition) is 1. The molecule has 1 N–H and O–H groups in total. The maximum Gasteiger partial charge on any atom is 0.392 e. The zero-order valence-electron chi connectivity index (χ0n) is 14.4. The molecule has 0 aromatic heterocycles. The molecule has 1 amide bonds. The Morgan fingerprint density at radius 3 is 2.41 bits per heavy atom. The predicted molar refractivity (Wildman–Crippen MR) is 88.9 cm³/mol. The minimum absolute atomic E-state index is 0.00662. The summed E-state index contributed by atoms with van der Waals surface area (Å²) in [6.45, 7) is 0.772. The maximum absolute atomic E-state index is 13.2. The Balaban J connectivity index is 1.79. The standard InChI is InChI=1S/C17H20F3NO5S/c18-17(19,20)13-5-2-1-4-12(13)16(22)21-27(23,24)11-6-7-14-15(10-11)26-9-3-8-25-14/h6-7,10,12-13H,1-5,8-9H2,(H,21,22). The third-order valence-electron chi connectivity index (χ3n) is 4.79. The van der Waals surface area contributed by atoms with E-state index in [1.165, 1.54) is 18.2 Å². The van der Waals surface area contributed by atoms with Crippen LogP contribution in [0.2, 0.25) is 0 Å². The second kappa shape index (κ2) is 7.57. The van der Waals surface area contributed by atoms with Crippen LogP contribution in [0.3, 0.4) is 0 Å². The van der Waals surface area contributed by atoms with Crippen LogP contribution in [-0.2, 0) is 14.8 Å². The quantitative estimate of drug-likeness (QED) is 0.833. The molecule has 2 aliphatic rings. The monoisotopic (exact) mass is 407 g/mol. The molecule has 1 aliphatic carbocycles. The highest BCUT2D eigenvalue weighted by Gasteiger charge is 2.48. The van der Waals surface area contributed by atoms with Gasteiger partial charge in [0.1, 0.15) is 0 Å². The van der Waals surface area contributed by atoms with Crippen LogP contribution in [0.5, 0.6) is 11.5 Å². The van der Waals surface area contributed by atoms with Gasteiger partial charge in [-0.1, -0.05) is 12.8 Å². The van der Waals surface area contributed by atoms with Crippen molar-refractivity contribution in [3.8, 4) is 11.5 Å². The molecular weight excluding hydrogens is 387 g/mol. The van der Waals surface area contributed by atoms with Gasteiger partial charge in [0.05, 0.1) is 29.9 Å². The van der Waals surface area contributed by atoms with Gasteiger partial charge in [-0.25, -0.2) is 13.1 Å². The second-order valence-corrected chi connectivity index (χ2v) is 8.35. The lowest BCUT2D eigenvalue weighted by Crippen LogP contribution is -2.44. The first-order valence-corrected chi connectivity index (χ1v) is 10.2. The zero-order chi connectivity index (χ0) is 19.7. The number of hydrogen-bond acceptors (Lipinski definition) is 5. The highest BCUT2D eigenvalue weighted by Crippen LogP contribution is 2.41. The molecule has 1 heterocycles. The molecule has 27 heavy (non-hydrogen) atoms. The SMILES string of the molecule is O=C(NS(=O)(=O)c1ccc2c(c1)OCCCO2)C1CCCCC1C(F)(F)F. The molecule has 0 spiro atoms. The Hall–Kier alpha value is -1.97. The van der Waals surface area contributed by atoms with Gasteiger partial charge in [0.25, 0.3) is 10.0 Å². The molecule has 1 fully saturated rings. The van der Waals surface area contributed by atoms with Crippen molar-refractivity contribution in [1.82, 2.24) is 4.72 Å². The number of nitrogens with one attached hydrogen (secondary N) is 1. The smallest absolute Gasteiger partial charge is 0.392 e. The van der Waals surface area contributed by atoms with E-state index in [1.54, 1.807) is 4.72 Å². The third-order valence-corrected chi connectivity index (χ3v) is 6.13. The molecule has 1 aliphatic heterocycles. The predicted octanol–water partition coefficient (Wildman–Crippen LogP) is 3.02. The van der Waals surface area contributed by atoms with E-state index in [2.05, 4.69) is 0 Å². The molecule has 0 bridgehead atoms. The number of benzene rings is 1. The van der Waals surface area contributed by atoms with Crippen LogP contribution in [0.15, 0.2) is 23.1 Å². The first kappa shape index (κ1) is 19.8. The highest BCUT2D eigenvalue weighted by molar-refractivity contribution is 7.90. The van der Waals surface area contributed by atoms with E-state index in [9.17, 15) is 26.4 Å². The van der Waals surface area contributed by atoms with Crippen molar-refractivity contribution in [3.05, 3.63) is 18.2 Å². The lowest BCUT2D eigenvalue weighted by Gasteiger charge is -2.31. The van der Waals surface area contributed by atoms with Crippen molar-refractivity contribution >= 4 is 15.9 Å². The fourth-order valence-electron chi connectivity index (χ4n) is 3.41. The van der Waals surface area contributed by atoms with E-state index in [1.807, 2.05) is 0 Å². The van der Waals surface area contributed by atoms with Gasteiger partial charge in [0.2, 0.25) is 5.91 Å². The van der Waals surface area contributed by atoms with Gasteiger partial charge in [-0.15, -0.1) is 0 Å². The first-order valence-electron chi connectivity index (χ1n) is 8.71. The van der Waals surface area contributed by atoms with Crippen LogP contribution in [0.4, 0.5) is 13.2 Å². The molecule has 3 rings (SSSR count). The Bertz CT molecular complexity index is 809. The molecule has 1 aromatic carbocycles. The van der Waals surface area contributed by atoms with Gasteiger partial charge in [0.15, 0.2) is 11.5 Å². The molecule has 6 nitrogen and oxygen atoms in total. The number of sulfonamides is 1. The van der Waals surface area contributed by atoms with Gasteiger partial charge < -0.3 is 9.47 Å². The van der Waals surface area contributed by atoms with Crippen molar-refractivity contribution in [2.45, 2.75) is 43.2 Å². The average Bonchev–Trinajstić information content (AvgIpc) is 2.85. The minimum atomic E-state index is -4.54. The molecule has 2 atom stereocenters. The van der Waals surface area contributed by atoms with Crippen LogP contribution in [0, 0.1) is 11.8 Å². The summed E-state index contributed by atoms with van der Waals surface area (Å²) in [6, 6.07) is 3.84. The minimum Gasteiger partial charge on any atom is -0.490 e. The van der Waals surface area contributed by atoms with E-state index >= 15 is 0 Å². The number of fused-ring (bicyclic) bond motifs is 1. The normalized spacial score (nSPS) is 23.4. The zero-order valence-corrected chi connectivity index (χ0v) is 15.2. The highest BCUT2D eigenvalue weighted by atomic mass is 32.2. The molecule has 0 saturated heterocycles. The van der Waals surface area contributed by atoms with E-state index < -0.39 is 33.9 Å². The summed E-state index contributed by atoms with van der Waals surface area (Å²) in [5.41, 5.74) is 0. The van der Waals surface area contributed by atoms with E-state index in [0.717, 1.165) is 0 Å². The summed E-state index contributed by atoms with van der Waals surface area (Å²) in [6.07, 6.45) is -3.26. The summed E-state index contributed by atoms with van der Waals surface area (Å²) in [5.74, 6) is -3.76. The van der Waals surface area contributed by atoms with E-state index in [-0.39, 0.29) is 23.5 Å². The van der Waals surface area contributed by atoms with Crippen molar-refractivity contribution < 1.29 is 35.9 Å². The fourth-order valence-corrected chi connectivity index (χ4v) is 4.46. The summed E-state index contributed by atoms with van der Waals surface area (Å²) in [4.78, 5) is 12.1. The van der Waals surface area contributed by atoms with Crippen LogP contribution >= 0.6 is 0 Å². The first-order chi connectivity index (χ1) is 12.7. The van der Waals surface area contributed by atoms with Crippen LogP contribution in [0.25, 0.3) is 0 Å². The summed E-state index contributed by atoms with van der Waals surface area (Å²) >= 11 is 0. The number of alkyl halides is 3. The van der Waals surface area contributed by atoms with Crippen molar-refractivity contribution in [2.75, 3.05) is 13.2 Å². The van der Waals surface area contributed by atoms with Gasteiger partial charge in [-0.2, -0.15) is 13.2 Å². The Labute approximate surface area is 155 Å². The van der Waals surface area contributed by atoms with Crippen LogP contribution in [-0.4, -0.2) is 33.7 Å². The van der Waals surface area contributed by atoms with Gasteiger partial charge in [0, 0.05) is 12.5 Å². The molecule has 10 heteroatoms. The van der Waals surface area contributed by atoms with Crippen molar-refractivity contribution in [1.29, 1.82) is 0 Å². The largest absolute Gasteiger partial charge is 0.490 e. The fraction of sp³-hybridized carbons (Fsp3) is 0.588. The summed E-state index contributed by atoms with van der Waals surface area (Å²) < 4.78 is 77.2. The molecule has 0 radical (unpaired) electrons. The van der Waals surface area contributed by atoms with Gasteiger partial charge in [-0.3, -0.25) is 4.79 Å².